The summed E-state index contributed by atoms with van der Waals surface area (Å²) in [5.41, 5.74) is 0. The molecule has 0 heterocycles. The number of ether oxygens (including phenoxy) is 1. The number of methoxy groups -OCH3 is 1. The lowest BCUT2D eigenvalue weighted by molar-refractivity contribution is -0.141. The van der Waals surface area contributed by atoms with Gasteiger partial charge in [0, 0.05) is 19.6 Å². The van der Waals surface area contributed by atoms with Crippen molar-refractivity contribution in [3.05, 3.63) is 0 Å². The van der Waals surface area contributed by atoms with Gasteiger partial charge in [-0.25, -0.2) is 0 Å². The molecule has 0 bridgehead atoms. The maximum Gasteiger partial charge on any atom is 0.306 e. The van der Waals surface area contributed by atoms with E-state index in [9.17, 15) is 9.59 Å². The Morgan fingerprint density at radius 2 is 2.18 bits per heavy atom. The molecule has 98 valence electrons. The second-order valence-electron chi connectivity index (χ2n) is 4.70. The number of aliphatic carboxylic acids is 1. The van der Waals surface area contributed by atoms with Crippen LogP contribution >= 0.6 is 0 Å². The minimum Gasteiger partial charge on any atom is -0.481 e. The number of hydrogen-bond acceptors (Lipinski definition) is 3. The highest BCUT2D eigenvalue weighted by molar-refractivity contribution is 5.76. The molecule has 1 amide bonds. The zero-order valence-electron chi connectivity index (χ0n) is 10.4. The number of nitrogens with one attached hydrogen (secondary N) is 1. The molecule has 3 unspecified atom stereocenters. The van der Waals surface area contributed by atoms with Crippen molar-refractivity contribution in [2.24, 2.45) is 5.92 Å². The molecule has 0 saturated heterocycles. The van der Waals surface area contributed by atoms with E-state index in [4.69, 9.17) is 9.84 Å². The van der Waals surface area contributed by atoms with Gasteiger partial charge >= 0.3 is 5.97 Å². The largest absolute Gasteiger partial charge is 0.481 e. The number of rotatable bonds is 6. The Hall–Kier alpha value is -1.10. The number of carbonyl (C=O) groups is 2. The van der Waals surface area contributed by atoms with Gasteiger partial charge < -0.3 is 15.2 Å². The van der Waals surface area contributed by atoms with Crippen molar-refractivity contribution in [2.45, 2.75) is 51.2 Å². The van der Waals surface area contributed by atoms with Crippen LogP contribution in [0.3, 0.4) is 0 Å². The van der Waals surface area contributed by atoms with Crippen molar-refractivity contribution in [1.29, 1.82) is 0 Å². The molecule has 0 spiro atoms. The first-order chi connectivity index (χ1) is 8.02. The summed E-state index contributed by atoms with van der Waals surface area (Å²) in [6.45, 7) is 1.92. The van der Waals surface area contributed by atoms with Crippen molar-refractivity contribution in [3.63, 3.8) is 0 Å². The molecular weight excluding hydrogens is 222 g/mol. The minimum atomic E-state index is -0.755. The van der Waals surface area contributed by atoms with Crippen LogP contribution in [0.1, 0.15) is 39.0 Å². The fourth-order valence-electron chi connectivity index (χ4n) is 2.09. The van der Waals surface area contributed by atoms with Gasteiger partial charge in [-0.1, -0.05) is 0 Å². The quantitative estimate of drug-likeness (QED) is 0.734. The molecule has 0 radical (unpaired) electrons. The maximum atomic E-state index is 11.6. The average Bonchev–Trinajstić information content (AvgIpc) is 2.74. The Kier molecular flexibility index (Phi) is 5.41. The number of carboxylic acid groups (broad SMARTS) is 1. The molecule has 17 heavy (non-hydrogen) atoms. The lowest BCUT2D eigenvalue weighted by Crippen LogP contribution is -2.33. The standard InChI is InChI=1S/C12H21NO4/c1-8(17-2)3-6-11(14)13-10-5-4-9(7-10)12(15)16/h8-10H,3-7H2,1-2H3,(H,13,14)(H,15,16). The Labute approximate surface area is 102 Å². The zero-order valence-corrected chi connectivity index (χ0v) is 10.4. The molecular formula is C12H21NO4. The van der Waals surface area contributed by atoms with Crippen LogP contribution in [0.25, 0.3) is 0 Å². The van der Waals surface area contributed by atoms with Gasteiger partial charge in [0.25, 0.3) is 0 Å². The molecule has 1 fully saturated rings. The fraction of sp³-hybridized carbons (Fsp3) is 0.833. The lowest BCUT2D eigenvalue weighted by atomic mass is 10.1. The van der Waals surface area contributed by atoms with E-state index in [1.807, 2.05) is 6.92 Å². The smallest absolute Gasteiger partial charge is 0.306 e. The van der Waals surface area contributed by atoms with E-state index in [0.717, 1.165) is 6.42 Å². The molecule has 1 aliphatic rings. The summed E-state index contributed by atoms with van der Waals surface area (Å²) < 4.78 is 5.06. The van der Waals surface area contributed by atoms with Crippen LogP contribution in [0.4, 0.5) is 0 Å². The summed E-state index contributed by atoms with van der Waals surface area (Å²) in [7, 11) is 1.62. The molecule has 1 aliphatic carbocycles. The fourth-order valence-corrected chi connectivity index (χ4v) is 2.09. The summed E-state index contributed by atoms with van der Waals surface area (Å²) >= 11 is 0. The van der Waals surface area contributed by atoms with Crippen molar-refractivity contribution in [3.8, 4) is 0 Å². The second kappa shape index (κ2) is 6.59. The summed E-state index contributed by atoms with van der Waals surface area (Å²) in [6, 6.07) is 0.0291. The third-order valence-corrected chi connectivity index (χ3v) is 3.33. The SMILES string of the molecule is COC(C)CCC(=O)NC1CCC(C(=O)O)C1. The van der Waals surface area contributed by atoms with E-state index < -0.39 is 5.97 Å². The minimum absolute atomic E-state index is 0.00932. The van der Waals surface area contributed by atoms with Crippen molar-refractivity contribution in [1.82, 2.24) is 5.32 Å². The van der Waals surface area contributed by atoms with Crippen LogP contribution < -0.4 is 5.32 Å². The van der Waals surface area contributed by atoms with Gasteiger partial charge in [-0.3, -0.25) is 9.59 Å². The van der Waals surface area contributed by atoms with Crippen molar-refractivity contribution >= 4 is 11.9 Å². The molecule has 5 heteroatoms. The molecule has 1 rings (SSSR count). The van der Waals surface area contributed by atoms with E-state index in [1.165, 1.54) is 0 Å². The van der Waals surface area contributed by atoms with Gasteiger partial charge in [0.1, 0.15) is 0 Å². The molecule has 2 N–H and O–H groups in total. The average molecular weight is 243 g/mol. The van der Waals surface area contributed by atoms with Crippen molar-refractivity contribution < 1.29 is 19.4 Å². The van der Waals surface area contributed by atoms with E-state index in [0.29, 0.717) is 25.7 Å². The molecule has 0 aliphatic heterocycles. The highest BCUT2D eigenvalue weighted by Gasteiger charge is 2.30. The monoisotopic (exact) mass is 243 g/mol. The van der Waals surface area contributed by atoms with Gasteiger partial charge in [-0.05, 0) is 32.6 Å². The van der Waals surface area contributed by atoms with Crippen LogP contribution in [0.2, 0.25) is 0 Å². The zero-order chi connectivity index (χ0) is 12.8. The second-order valence-corrected chi connectivity index (χ2v) is 4.70. The highest BCUT2D eigenvalue weighted by atomic mass is 16.5. The predicted octanol–water partition coefficient (Wildman–Crippen LogP) is 1.17. The molecule has 1 saturated carbocycles. The third kappa shape index (κ3) is 4.73. The Balaban J connectivity index is 2.22. The topological polar surface area (TPSA) is 75.6 Å². The van der Waals surface area contributed by atoms with Crippen LogP contribution in [0, 0.1) is 5.92 Å². The summed E-state index contributed by atoms with van der Waals surface area (Å²) in [5, 5.41) is 11.7. The van der Waals surface area contributed by atoms with Gasteiger partial charge in [0.2, 0.25) is 5.91 Å². The van der Waals surface area contributed by atoms with Crippen LogP contribution in [0.15, 0.2) is 0 Å². The van der Waals surface area contributed by atoms with Gasteiger partial charge in [0.15, 0.2) is 0 Å². The maximum absolute atomic E-state index is 11.6. The molecule has 5 nitrogen and oxygen atoms in total. The summed E-state index contributed by atoms with van der Waals surface area (Å²) in [5.74, 6) is -1.06. The Morgan fingerprint density at radius 1 is 1.47 bits per heavy atom. The predicted molar refractivity (Wildman–Crippen MR) is 62.6 cm³/mol. The number of amides is 1. The number of carbonyl (C=O) groups excluding carboxylic acids is 1. The summed E-state index contributed by atoms with van der Waals surface area (Å²) in [6.07, 6.45) is 3.19. The first kappa shape index (κ1) is 14.0. The van der Waals surface area contributed by atoms with E-state index in [2.05, 4.69) is 5.32 Å². The van der Waals surface area contributed by atoms with Crippen molar-refractivity contribution in [2.75, 3.05) is 7.11 Å². The van der Waals surface area contributed by atoms with Gasteiger partial charge in [-0.15, -0.1) is 0 Å². The third-order valence-electron chi connectivity index (χ3n) is 3.33. The van der Waals surface area contributed by atoms with E-state index in [1.54, 1.807) is 7.11 Å². The van der Waals surface area contributed by atoms with E-state index in [-0.39, 0.29) is 24.0 Å². The summed E-state index contributed by atoms with van der Waals surface area (Å²) in [4.78, 5) is 22.3. The normalized spacial score (nSPS) is 25.5. The van der Waals surface area contributed by atoms with Crippen LogP contribution in [-0.2, 0) is 14.3 Å². The van der Waals surface area contributed by atoms with Crippen LogP contribution in [0.5, 0.6) is 0 Å². The Bertz CT molecular complexity index is 280. The number of carboxylic acids is 1. The van der Waals surface area contributed by atoms with Gasteiger partial charge in [0.05, 0.1) is 12.0 Å². The van der Waals surface area contributed by atoms with Gasteiger partial charge in [-0.2, -0.15) is 0 Å². The van der Waals surface area contributed by atoms with Crippen LogP contribution in [-0.4, -0.2) is 36.2 Å². The Morgan fingerprint density at radius 3 is 2.71 bits per heavy atom. The lowest BCUT2D eigenvalue weighted by Gasteiger charge is -2.13. The molecule has 3 atom stereocenters. The molecule has 0 aromatic carbocycles. The number of hydrogen-bond donors (Lipinski definition) is 2. The first-order valence-corrected chi connectivity index (χ1v) is 6.08. The van der Waals surface area contributed by atoms with E-state index >= 15 is 0 Å². The first-order valence-electron chi connectivity index (χ1n) is 6.08. The molecule has 0 aromatic rings. The molecule has 0 aromatic heterocycles. The highest BCUT2D eigenvalue weighted by Crippen LogP contribution is 2.25.